The molecule has 0 atom stereocenters. The molecule has 1 rings (SSSR count). The Labute approximate surface area is 124 Å². The third-order valence-corrected chi connectivity index (χ3v) is 3.08. The Kier molecular flexibility index (Phi) is 8.16. The van der Waals surface area contributed by atoms with E-state index in [4.69, 9.17) is 0 Å². The first-order valence-corrected chi connectivity index (χ1v) is 7.63. The molecule has 0 saturated heterocycles. The maximum atomic E-state index is 4.56. The summed E-state index contributed by atoms with van der Waals surface area (Å²) in [7, 11) is 0. The highest BCUT2D eigenvalue weighted by Crippen LogP contribution is 2.05. The van der Waals surface area contributed by atoms with E-state index in [1.807, 2.05) is 12.3 Å². The molecule has 3 heteroatoms. The molecule has 112 valence electrons. The SMILES string of the molecule is C=CCN(CCC)Cc1ccc(CNCC(C)C)cn1. The maximum absolute atomic E-state index is 4.56. The van der Waals surface area contributed by atoms with E-state index >= 15 is 0 Å². The highest BCUT2D eigenvalue weighted by Gasteiger charge is 2.04. The van der Waals surface area contributed by atoms with Crippen LogP contribution in [0.2, 0.25) is 0 Å². The number of rotatable bonds is 10. The summed E-state index contributed by atoms with van der Waals surface area (Å²) >= 11 is 0. The second-order valence-corrected chi connectivity index (χ2v) is 5.71. The fourth-order valence-electron chi connectivity index (χ4n) is 2.12. The van der Waals surface area contributed by atoms with Gasteiger partial charge in [-0.25, -0.2) is 0 Å². The predicted molar refractivity (Wildman–Crippen MR) is 86.5 cm³/mol. The number of aromatic nitrogens is 1. The first-order valence-electron chi connectivity index (χ1n) is 7.63. The second kappa shape index (κ2) is 9.67. The van der Waals surface area contributed by atoms with Gasteiger partial charge < -0.3 is 5.32 Å². The third kappa shape index (κ3) is 6.83. The average molecular weight is 275 g/mol. The van der Waals surface area contributed by atoms with Crippen molar-refractivity contribution < 1.29 is 0 Å². The molecular formula is C17H29N3. The van der Waals surface area contributed by atoms with Crippen molar-refractivity contribution in [3.8, 4) is 0 Å². The van der Waals surface area contributed by atoms with Gasteiger partial charge in [-0.1, -0.05) is 32.9 Å². The summed E-state index contributed by atoms with van der Waals surface area (Å²) in [6.45, 7) is 15.3. The van der Waals surface area contributed by atoms with Crippen molar-refractivity contribution in [2.45, 2.75) is 40.3 Å². The number of pyridine rings is 1. The molecule has 1 N–H and O–H groups in total. The van der Waals surface area contributed by atoms with Crippen LogP contribution in [-0.2, 0) is 13.1 Å². The van der Waals surface area contributed by atoms with Gasteiger partial charge in [0.25, 0.3) is 0 Å². The van der Waals surface area contributed by atoms with Crippen LogP contribution in [0.5, 0.6) is 0 Å². The van der Waals surface area contributed by atoms with Crippen molar-refractivity contribution in [1.82, 2.24) is 15.2 Å². The van der Waals surface area contributed by atoms with Crippen molar-refractivity contribution in [2.24, 2.45) is 5.92 Å². The minimum absolute atomic E-state index is 0.684. The van der Waals surface area contributed by atoms with E-state index in [1.165, 1.54) is 5.56 Å². The van der Waals surface area contributed by atoms with E-state index in [2.05, 4.69) is 54.7 Å². The van der Waals surface area contributed by atoms with Gasteiger partial charge in [-0.15, -0.1) is 6.58 Å². The summed E-state index contributed by atoms with van der Waals surface area (Å²) < 4.78 is 0. The van der Waals surface area contributed by atoms with Crippen molar-refractivity contribution in [1.29, 1.82) is 0 Å². The summed E-state index contributed by atoms with van der Waals surface area (Å²) in [6, 6.07) is 4.31. The fourth-order valence-corrected chi connectivity index (χ4v) is 2.12. The second-order valence-electron chi connectivity index (χ2n) is 5.71. The molecule has 0 unspecified atom stereocenters. The number of hydrogen-bond donors (Lipinski definition) is 1. The molecule has 0 amide bonds. The monoisotopic (exact) mass is 275 g/mol. The van der Waals surface area contributed by atoms with Gasteiger partial charge in [-0.3, -0.25) is 9.88 Å². The van der Waals surface area contributed by atoms with Crippen LogP contribution in [0.1, 0.15) is 38.4 Å². The lowest BCUT2D eigenvalue weighted by Gasteiger charge is -2.19. The lowest BCUT2D eigenvalue weighted by atomic mass is 10.2. The summed E-state index contributed by atoms with van der Waals surface area (Å²) in [5.74, 6) is 0.684. The molecule has 0 aliphatic rings. The highest BCUT2D eigenvalue weighted by molar-refractivity contribution is 5.14. The first-order chi connectivity index (χ1) is 9.65. The molecule has 20 heavy (non-hydrogen) atoms. The van der Waals surface area contributed by atoms with E-state index < -0.39 is 0 Å². The summed E-state index contributed by atoms with van der Waals surface area (Å²) in [4.78, 5) is 6.93. The van der Waals surface area contributed by atoms with Gasteiger partial charge in [-0.2, -0.15) is 0 Å². The van der Waals surface area contributed by atoms with Gasteiger partial charge >= 0.3 is 0 Å². The minimum atomic E-state index is 0.684. The predicted octanol–water partition coefficient (Wildman–Crippen LogP) is 3.23. The largest absolute Gasteiger partial charge is 0.312 e. The minimum Gasteiger partial charge on any atom is -0.312 e. The van der Waals surface area contributed by atoms with Gasteiger partial charge in [0.15, 0.2) is 0 Å². The van der Waals surface area contributed by atoms with Crippen LogP contribution in [0.4, 0.5) is 0 Å². The molecule has 1 aromatic heterocycles. The quantitative estimate of drug-likeness (QED) is 0.665. The molecule has 0 bridgehead atoms. The fraction of sp³-hybridized carbons (Fsp3) is 0.588. The van der Waals surface area contributed by atoms with E-state index in [9.17, 15) is 0 Å². The van der Waals surface area contributed by atoms with Crippen LogP contribution in [0.25, 0.3) is 0 Å². The van der Waals surface area contributed by atoms with Gasteiger partial charge in [0.2, 0.25) is 0 Å². The Bertz CT molecular complexity index is 370. The zero-order valence-corrected chi connectivity index (χ0v) is 13.2. The Morgan fingerprint density at radius 2 is 2.20 bits per heavy atom. The maximum Gasteiger partial charge on any atom is 0.0544 e. The first kappa shape index (κ1) is 16.9. The smallest absolute Gasteiger partial charge is 0.0544 e. The zero-order valence-electron chi connectivity index (χ0n) is 13.2. The molecule has 0 spiro atoms. The lowest BCUT2D eigenvalue weighted by molar-refractivity contribution is 0.291. The van der Waals surface area contributed by atoms with E-state index in [0.29, 0.717) is 5.92 Å². The molecule has 3 nitrogen and oxygen atoms in total. The molecule has 1 aromatic rings. The van der Waals surface area contributed by atoms with Crippen LogP contribution in [0, 0.1) is 5.92 Å². The van der Waals surface area contributed by atoms with Gasteiger partial charge in [0, 0.05) is 25.8 Å². The number of hydrogen-bond acceptors (Lipinski definition) is 3. The molecule has 0 saturated carbocycles. The number of nitrogens with one attached hydrogen (secondary N) is 1. The summed E-state index contributed by atoms with van der Waals surface area (Å²) in [6.07, 6.45) is 5.10. The molecule has 1 heterocycles. The molecule has 0 aliphatic heterocycles. The Hall–Kier alpha value is -1.19. The van der Waals surface area contributed by atoms with Crippen molar-refractivity contribution in [3.05, 3.63) is 42.2 Å². The molecule has 0 radical (unpaired) electrons. The van der Waals surface area contributed by atoms with Crippen molar-refractivity contribution >= 4 is 0 Å². The van der Waals surface area contributed by atoms with Crippen LogP contribution in [0.15, 0.2) is 31.0 Å². The van der Waals surface area contributed by atoms with Gasteiger partial charge in [-0.05, 0) is 37.1 Å². The topological polar surface area (TPSA) is 28.2 Å². The van der Waals surface area contributed by atoms with Crippen LogP contribution in [0.3, 0.4) is 0 Å². The zero-order chi connectivity index (χ0) is 14.8. The van der Waals surface area contributed by atoms with Gasteiger partial charge in [0.05, 0.1) is 5.69 Å². The summed E-state index contributed by atoms with van der Waals surface area (Å²) in [5.41, 5.74) is 2.38. The van der Waals surface area contributed by atoms with Crippen LogP contribution in [-0.4, -0.2) is 29.5 Å². The molecule has 0 fully saturated rings. The normalized spacial score (nSPS) is 11.2. The lowest BCUT2D eigenvalue weighted by Crippen LogP contribution is -2.24. The van der Waals surface area contributed by atoms with Gasteiger partial charge in [0.1, 0.15) is 0 Å². The Morgan fingerprint density at radius 1 is 1.40 bits per heavy atom. The molecule has 0 aliphatic carbocycles. The van der Waals surface area contributed by atoms with Crippen molar-refractivity contribution in [2.75, 3.05) is 19.6 Å². The Balaban J connectivity index is 2.46. The highest BCUT2D eigenvalue weighted by atomic mass is 15.1. The van der Waals surface area contributed by atoms with Crippen LogP contribution >= 0.6 is 0 Å². The molecular weight excluding hydrogens is 246 g/mol. The standard InChI is InChI=1S/C17H29N3/c1-5-9-20(10-6-2)14-17-8-7-16(13-19-17)12-18-11-15(3)4/h5,7-8,13,15,18H,1,6,9-12,14H2,2-4H3. The third-order valence-electron chi connectivity index (χ3n) is 3.08. The van der Waals surface area contributed by atoms with Crippen molar-refractivity contribution in [3.63, 3.8) is 0 Å². The summed E-state index contributed by atoms with van der Waals surface area (Å²) in [5, 5.41) is 3.44. The van der Waals surface area contributed by atoms with E-state index in [0.717, 1.165) is 44.8 Å². The van der Waals surface area contributed by atoms with Crippen LogP contribution < -0.4 is 5.32 Å². The van der Waals surface area contributed by atoms with E-state index in [-0.39, 0.29) is 0 Å². The number of nitrogens with zero attached hydrogens (tertiary/aromatic N) is 2. The average Bonchev–Trinajstić information content (AvgIpc) is 2.41. The Morgan fingerprint density at radius 3 is 2.75 bits per heavy atom. The molecule has 0 aromatic carbocycles. The van der Waals surface area contributed by atoms with E-state index in [1.54, 1.807) is 0 Å².